The number of ketones is 1. The fourth-order valence-corrected chi connectivity index (χ4v) is 3.20. The molecular formula is C16H15BrO5S. The first-order valence-corrected chi connectivity index (χ1v) is 8.25. The van der Waals surface area contributed by atoms with Gasteiger partial charge in [0, 0.05) is 4.88 Å². The summed E-state index contributed by atoms with van der Waals surface area (Å²) in [4.78, 5) is 25.7. The second kappa shape index (κ2) is 7.61. The van der Waals surface area contributed by atoms with Gasteiger partial charge in [0.1, 0.15) is 16.0 Å². The van der Waals surface area contributed by atoms with Crippen molar-refractivity contribution in [1.82, 2.24) is 0 Å². The Bertz CT molecular complexity index is 713. The third-order valence-corrected chi connectivity index (χ3v) is 4.85. The minimum atomic E-state index is -0.615. The van der Waals surface area contributed by atoms with Crippen LogP contribution in [-0.4, -0.2) is 32.6 Å². The van der Waals surface area contributed by atoms with Gasteiger partial charge in [-0.1, -0.05) is 0 Å². The zero-order chi connectivity index (χ0) is 17.0. The van der Waals surface area contributed by atoms with Crippen LogP contribution in [0.4, 0.5) is 0 Å². The van der Waals surface area contributed by atoms with Crippen LogP contribution in [0.5, 0.6) is 11.5 Å². The normalized spacial score (nSPS) is 10.3. The molecule has 0 unspecified atom stereocenters. The van der Waals surface area contributed by atoms with E-state index >= 15 is 0 Å². The van der Waals surface area contributed by atoms with Crippen molar-refractivity contribution in [1.29, 1.82) is 0 Å². The van der Waals surface area contributed by atoms with Crippen LogP contribution in [0.25, 0.3) is 0 Å². The fraction of sp³-hybridized carbons (Fsp3) is 0.250. The molecule has 0 amide bonds. The van der Waals surface area contributed by atoms with Gasteiger partial charge in [0.2, 0.25) is 5.78 Å². The number of benzene rings is 1. The van der Waals surface area contributed by atoms with E-state index in [4.69, 9.17) is 14.2 Å². The topological polar surface area (TPSA) is 61.8 Å². The highest BCUT2D eigenvalue weighted by Crippen LogP contribution is 2.35. The fourth-order valence-electron chi connectivity index (χ4n) is 1.86. The van der Waals surface area contributed by atoms with Crippen LogP contribution in [0, 0.1) is 6.92 Å². The van der Waals surface area contributed by atoms with Crippen LogP contribution < -0.4 is 9.47 Å². The summed E-state index contributed by atoms with van der Waals surface area (Å²) in [5.74, 6) is 0.0382. The lowest BCUT2D eigenvalue weighted by Gasteiger charge is -2.11. The number of rotatable bonds is 6. The Morgan fingerprint density at radius 2 is 1.74 bits per heavy atom. The van der Waals surface area contributed by atoms with Crippen molar-refractivity contribution in [3.63, 3.8) is 0 Å². The molecule has 0 N–H and O–H groups in total. The second-order valence-corrected chi connectivity index (χ2v) is 6.69. The zero-order valence-electron chi connectivity index (χ0n) is 12.8. The molecule has 2 aromatic rings. The average Bonchev–Trinajstić information content (AvgIpc) is 2.99. The van der Waals surface area contributed by atoms with E-state index in [1.54, 1.807) is 6.07 Å². The molecule has 5 nitrogen and oxygen atoms in total. The van der Waals surface area contributed by atoms with Crippen molar-refractivity contribution in [3.8, 4) is 11.5 Å². The molecule has 0 atom stereocenters. The number of thiophene rings is 1. The van der Waals surface area contributed by atoms with E-state index < -0.39 is 5.97 Å². The summed E-state index contributed by atoms with van der Waals surface area (Å²) in [6, 6.07) is 6.62. The highest BCUT2D eigenvalue weighted by atomic mass is 79.9. The van der Waals surface area contributed by atoms with Gasteiger partial charge in [-0.15, -0.1) is 11.3 Å². The van der Waals surface area contributed by atoms with Gasteiger partial charge in [0.15, 0.2) is 6.61 Å². The zero-order valence-corrected chi connectivity index (χ0v) is 15.2. The van der Waals surface area contributed by atoms with E-state index in [1.165, 1.54) is 37.7 Å². The van der Waals surface area contributed by atoms with E-state index in [1.807, 2.05) is 13.0 Å². The number of carbonyl (C=O) groups excluding carboxylic acids is 2. The standard InChI is InChI=1S/C16H15BrO5S/c1-9-4-5-14(23-9)11(18)8-22-16(19)10-6-12(20-2)15(17)13(7-10)21-3/h4-7H,8H2,1-3H3. The van der Waals surface area contributed by atoms with Gasteiger partial charge < -0.3 is 14.2 Å². The quantitative estimate of drug-likeness (QED) is 0.545. The first-order valence-electron chi connectivity index (χ1n) is 6.64. The summed E-state index contributed by atoms with van der Waals surface area (Å²) < 4.78 is 16.0. The highest BCUT2D eigenvalue weighted by Gasteiger charge is 2.17. The van der Waals surface area contributed by atoms with Gasteiger partial charge in [0.05, 0.1) is 24.7 Å². The summed E-state index contributed by atoms with van der Waals surface area (Å²) in [6.07, 6.45) is 0. The molecular weight excluding hydrogens is 384 g/mol. The Morgan fingerprint density at radius 1 is 1.13 bits per heavy atom. The summed E-state index contributed by atoms with van der Waals surface area (Å²) in [5, 5.41) is 0. The van der Waals surface area contributed by atoms with E-state index in [2.05, 4.69) is 15.9 Å². The van der Waals surface area contributed by atoms with E-state index in [9.17, 15) is 9.59 Å². The lowest BCUT2D eigenvalue weighted by atomic mass is 10.2. The predicted molar refractivity (Wildman–Crippen MR) is 90.9 cm³/mol. The Labute approximate surface area is 146 Å². The average molecular weight is 399 g/mol. The number of halogens is 1. The van der Waals surface area contributed by atoms with Crippen LogP contribution in [0.3, 0.4) is 0 Å². The van der Waals surface area contributed by atoms with E-state index in [0.717, 1.165) is 4.88 Å². The second-order valence-electron chi connectivity index (χ2n) is 4.60. The first-order chi connectivity index (χ1) is 11.0. The van der Waals surface area contributed by atoms with Crippen LogP contribution in [0.1, 0.15) is 24.9 Å². The number of esters is 1. The molecule has 0 aliphatic carbocycles. The highest BCUT2D eigenvalue weighted by molar-refractivity contribution is 9.10. The Hall–Kier alpha value is -1.86. The monoisotopic (exact) mass is 398 g/mol. The molecule has 0 radical (unpaired) electrons. The maximum absolute atomic E-state index is 12.1. The minimum Gasteiger partial charge on any atom is -0.495 e. The molecule has 1 heterocycles. The lowest BCUT2D eigenvalue weighted by molar-refractivity contribution is 0.0475. The Morgan fingerprint density at radius 3 is 2.22 bits per heavy atom. The van der Waals surface area contributed by atoms with Crippen LogP contribution in [0.15, 0.2) is 28.7 Å². The number of hydrogen-bond donors (Lipinski definition) is 0. The maximum Gasteiger partial charge on any atom is 0.338 e. The number of aryl methyl sites for hydroxylation is 1. The van der Waals surface area contributed by atoms with Gasteiger partial charge in [0.25, 0.3) is 0 Å². The first kappa shape index (κ1) is 17.5. The SMILES string of the molecule is COc1cc(C(=O)OCC(=O)c2ccc(C)s2)cc(OC)c1Br. The number of carbonyl (C=O) groups is 2. The summed E-state index contributed by atoms with van der Waals surface area (Å²) in [7, 11) is 2.97. The number of Topliss-reactive ketones (excluding diaryl/α,β-unsaturated/α-hetero) is 1. The van der Waals surface area contributed by atoms with Gasteiger partial charge >= 0.3 is 5.97 Å². The lowest BCUT2D eigenvalue weighted by Crippen LogP contribution is -2.13. The van der Waals surface area contributed by atoms with E-state index in [0.29, 0.717) is 20.8 Å². The molecule has 1 aromatic carbocycles. The third-order valence-electron chi connectivity index (χ3n) is 3.03. The van der Waals surface area contributed by atoms with Gasteiger partial charge in [-0.2, -0.15) is 0 Å². The molecule has 122 valence electrons. The maximum atomic E-state index is 12.1. The van der Waals surface area contributed by atoms with Crippen molar-refractivity contribution in [2.75, 3.05) is 20.8 Å². The molecule has 2 rings (SSSR count). The molecule has 7 heteroatoms. The molecule has 0 spiro atoms. The number of ether oxygens (including phenoxy) is 3. The summed E-state index contributed by atoms with van der Waals surface area (Å²) in [6.45, 7) is 1.60. The summed E-state index contributed by atoms with van der Waals surface area (Å²) in [5.41, 5.74) is 0.247. The Balaban J connectivity index is 2.10. The molecule has 1 aromatic heterocycles. The van der Waals surface area contributed by atoms with Crippen LogP contribution in [0.2, 0.25) is 0 Å². The predicted octanol–water partition coefficient (Wildman–Crippen LogP) is 3.88. The molecule has 23 heavy (non-hydrogen) atoms. The number of hydrogen-bond acceptors (Lipinski definition) is 6. The minimum absolute atomic E-state index is 0.229. The molecule has 0 saturated heterocycles. The molecule has 0 fully saturated rings. The van der Waals surface area contributed by atoms with Gasteiger partial charge in [-0.3, -0.25) is 4.79 Å². The molecule has 0 saturated carbocycles. The third kappa shape index (κ3) is 4.11. The van der Waals surface area contributed by atoms with Crippen molar-refractivity contribution in [3.05, 3.63) is 44.1 Å². The molecule has 0 bridgehead atoms. The van der Waals surface area contributed by atoms with Crippen LogP contribution in [-0.2, 0) is 4.74 Å². The van der Waals surface area contributed by atoms with Crippen molar-refractivity contribution in [2.45, 2.75) is 6.92 Å². The summed E-state index contributed by atoms with van der Waals surface area (Å²) >= 11 is 4.70. The van der Waals surface area contributed by atoms with Crippen molar-refractivity contribution >= 4 is 39.0 Å². The largest absolute Gasteiger partial charge is 0.495 e. The molecule has 0 aliphatic rings. The smallest absolute Gasteiger partial charge is 0.338 e. The van der Waals surface area contributed by atoms with Gasteiger partial charge in [-0.05, 0) is 47.1 Å². The van der Waals surface area contributed by atoms with Gasteiger partial charge in [-0.25, -0.2) is 4.79 Å². The van der Waals surface area contributed by atoms with Crippen molar-refractivity contribution < 1.29 is 23.8 Å². The van der Waals surface area contributed by atoms with Crippen molar-refractivity contribution in [2.24, 2.45) is 0 Å². The number of methoxy groups -OCH3 is 2. The molecule has 0 aliphatic heterocycles. The Kier molecular flexibility index (Phi) is 5.79. The van der Waals surface area contributed by atoms with E-state index in [-0.39, 0.29) is 18.0 Å². The van der Waals surface area contributed by atoms with Crippen LogP contribution >= 0.6 is 27.3 Å².